The summed E-state index contributed by atoms with van der Waals surface area (Å²) in [5, 5.41) is 14.8. The summed E-state index contributed by atoms with van der Waals surface area (Å²) in [5.74, 6) is -0.113. The SMILES string of the molecule is Cc1cc(N(C)CC(=O)NC(C)(C)C)c2cccc([N+](=O)[O-])c2n1. The van der Waals surface area contributed by atoms with E-state index in [2.05, 4.69) is 10.3 Å². The second kappa shape index (κ2) is 6.43. The van der Waals surface area contributed by atoms with Gasteiger partial charge in [-0.25, -0.2) is 4.98 Å². The van der Waals surface area contributed by atoms with Crippen LogP contribution in [0.2, 0.25) is 0 Å². The van der Waals surface area contributed by atoms with E-state index in [9.17, 15) is 14.9 Å². The smallest absolute Gasteiger partial charge is 0.295 e. The number of hydrogen-bond acceptors (Lipinski definition) is 5. The molecule has 0 radical (unpaired) electrons. The molecular formula is C17H22N4O3. The second-order valence-corrected chi connectivity index (χ2v) is 6.87. The van der Waals surface area contributed by atoms with E-state index in [0.717, 1.165) is 5.69 Å². The molecule has 1 N–H and O–H groups in total. The summed E-state index contributed by atoms with van der Waals surface area (Å²) in [6.07, 6.45) is 0. The molecule has 128 valence electrons. The summed E-state index contributed by atoms with van der Waals surface area (Å²) >= 11 is 0. The van der Waals surface area contributed by atoms with Gasteiger partial charge in [0.15, 0.2) is 5.52 Å². The lowest BCUT2D eigenvalue weighted by Gasteiger charge is -2.25. The van der Waals surface area contributed by atoms with Crippen LogP contribution in [0.15, 0.2) is 24.3 Å². The van der Waals surface area contributed by atoms with Crippen LogP contribution in [0.3, 0.4) is 0 Å². The number of nitrogens with one attached hydrogen (secondary N) is 1. The van der Waals surface area contributed by atoms with Crippen molar-refractivity contribution in [2.75, 3.05) is 18.5 Å². The van der Waals surface area contributed by atoms with Gasteiger partial charge >= 0.3 is 0 Å². The Kier molecular flexibility index (Phi) is 4.73. The molecule has 1 aromatic heterocycles. The molecule has 0 aliphatic heterocycles. The molecule has 7 nitrogen and oxygen atoms in total. The van der Waals surface area contributed by atoms with Gasteiger partial charge in [-0.05, 0) is 33.8 Å². The average molecular weight is 330 g/mol. The van der Waals surface area contributed by atoms with Crippen LogP contribution in [0.4, 0.5) is 11.4 Å². The number of aryl methyl sites for hydroxylation is 1. The zero-order valence-corrected chi connectivity index (χ0v) is 14.6. The molecule has 0 spiro atoms. The Morgan fingerprint density at radius 1 is 1.38 bits per heavy atom. The Morgan fingerprint density at radius 2 is 2.04 bits per heavy atom. The van der Waals surface area contributed by atoms with Crippen molar-refractivity contribution in [2.45, 2.75) is 33.2 Å². The number of nitro groups is 1. The largest absolute Gasteiger partial charge is 0.365 e. The summed E-state index contributed by atoms with van der Waals surface area (Å²) < 4.78 is 0. The fourth-order valence-electron chi connectivity index (χ4n) is 2.56. The fourth-order valence-corrected chi connectivity index (χ4v) is 2.56. The Labute approximate surface area is 140 Å². The van der Waals surface area contributed by atoms with Crippen molar-refractivity contribution in [2.24, 2.45) is 0 Å². The molecule has 1 amide bonds. The van der Waals surface area contributed by atoms with Crippen LogP contribution in [0.1, 0.15) is 26.5 Å². The van der Waals surface area contributed by atoms with Crippen molar-refractivity contribution in [1.82, 2.24) is 10.3 Å². The molecule has 0 saturated carbocycles. The number of nitro benzene ring substituents is 1. The van der Waals surface area contributed by atoms with Crippen molar-refractivity contribution in [3.05, 3.63) is 40.1 Å². The zero-order valence-electron chi connectivity index (χ0n) is 14.6. The number of rotatable bonds is 4. The lowest BCUT2D eigenvalue weighted by molar-refractivity contribution is -0.383. The number of likely N-dealkylation sites (N-methyl/N-ethyl adjacent to an activating group) is 1. The van der Waals surface area contributed by atoms with E-state index in [-0.39, 0.29) is 23.7 Å². The number of anilines is 1. The standard InChI is InChI=1S/C17H22N4O3/c1-11-9-14(20(5)10-15(22)19-17(2,3)4)12-7-6-8-13(21(23)24)16(12)18-11/h6-9H,10H2,1-5H3,(H,19,22). The number of fused-ring (bicyclic) bond motifs is 1. The number of carbonyl (C=O) groups excluding carboxylic acids is 1. The first kappa shape index (κ1) is 17.7. The summed E-state index contributed by atoms with van der Waals surface area (Å²) in [7, 11) is 1.79. The van der Waals surface area contributed by atoms with Crippen LogP contribution >= 0.6 is 0 Å². The molecule has 2 aromatic rings. The Hall–Kier alpha value is -2.70. The number of para-hydroxylation sites is 1. The summed E-state index contributed by atoms with van der Waals surface area (Å²) in [6.45, 7) is 7.68. The molecule has 0 saturated heterocycles. The van der Waals surface area contributed by atoms with Gasteiger partial charge in [0.1, 0.15) is 0 Å². The molecule has 0 fully saturated rings. The highest BCUT2D eigenvalue weighted by atomic mass is 16.6. The van der Waals surface area contributed by atoms with Crippen LogP contribution in [0, 0.1) is 17.0 Å². The first-order chi connectivity index (χ1) is 11.1. The number of hydrogen-bond donors (Lipinski definition) is 1. The molecule has 0 atom stereocenters. The van der Waals surface area contributed by atoms with E-state index >= 15 is 0 Å². The van der Waals surface area contributed by atoms with E-state index < -0.39 is 4.92 Å². The van der Waals surface area contributed by atoms with Gasteiger partial charge < -0.3 is 10.2 Å². The number of amides is 1. The number of benzene rings is 1. The van der Waals surface area contributed by atoms with E-state index in [0.29, 0.717) is 16.6 Å². The minimum absolute atomic E-state index is 0.0370. The molecular weight excluding hydrogens is 308 g/mol. The first-order valence-corrected chi connectivity index (χ1v) is 7.65. The predicted molar refractivity (Wildman–Crippen MR) is 94.3 cm³/mol. The Balaban J connectivity index is 2.43. The quantitative estimate of drug-likeness (QED) is 0.688. The summed E-state index contributed by atoms with van der Waals surface area (Å²) in [4.78, 5) is 29.0. The van der Waals surface area contributed by atoms with E-state index in [1.54, 1.807) is 31.0 Å². The molecule has 0 unspecified atom stereocenters. The lowest BCUT2D eigenvalue weighted by atomic mass is 10.1. The predicted octanol–water partition coefficient (Wildman–Crippen LogP) is 2.80. The molecule has 2 rings (SSSR count). The van der Waals surface area contributed by atoms with Gasteiger partial charge in [-0.15, -0.1) is 0 Å². The third-order valence-electron chi connectivity index (χ3n) is 3.43. The maximum atomic E-state index is 12.2. The molecule has 7 heteroatoms. The average Bonchev–Trinajstić information content (AvgIpc) is 2.43. The maximum Gasteiger partial charge on any atom is 0.295 e. The van der Waals surface area contributed by atoms with Crippen LogP contribution < -0.4 is 10.2 Å². The second-order valence-electron chi connectivity index (χ2n) is 6.87. The van der Waals surface area contributed by atoms with E-state index in [1.807, 2.05) is 26.8 Å². The minimum Gasteiger partial charge on any atom is -0.365 e. The molecule has 0 aliphatic carbocycles. The van der Waals surface area contributed by atoms with Gasteiger partial charge in [0, 0.05) is 35.4 Å². The van der Waals surface area contributed by atoms with Gasteiger partial charge in [-0.1, -0.05) is 12.1 Å². The molecule has 1 heterocycles. The van der Waals surface area contributed by atoms with Crippen LogP contribution in [-0.2, 0) is 4.79 Å². The van der Waals surface area contributed by atoms with Crippen LogP contribution in [0.5, 0.6) is 0 Å². The Bertz CT molecular complexity index is 796. The third-order valence-corrected chi connectivity index (χ3v) is 3.43. The van der Waals surface area contributed by atoms with Gasteiger partial charge in [0.25, 0.3) is 5.69 Å². The fraction of sp³-hybridized carbons (Fsp3) is 0.412. The normalized spacial score (nSPS) is 11.4. The van der Waals surface area contributed by atoms with Gasteiger partial charge in [0.2, 0.25) is 5.91 Å². The van der Waals surface area contributed by atoms with E-state index in [1.165, 1.54) is 6.07 Å². The first-order valence-electron chi connectivity index (χ1n) is 7.65. The molecule has 24 heavy (non-hydrogen) atoms. The maximum absolute atomic E-state index is 12.2. The highest BCUT2D eigenvalue weighted by Gasteiger charge is 2.20. The molecule has 0 aliphatic rings. The van der Waals surface area contributed by atoms with Crippen molar-refractivity contribution in [3.63, 3.8) is 0 Å². The van der Waals surface area contributed by atoms with Crippen molar-refractivity contribution < 1.29 is 9.72 Å². The highest BCUT2D eigenvalue weighted by molar-refractivity contribution is 5.98. The van der Waals surface area contributed by atoms with Crippen LogP contribution in [-0.4, -0.2) is 34.9 Å². The van der Waals surface area contributed by atoms with Crippen LogP contribution in [0.25, 0.3) is 10.9 Å². The summed E-state index contributed by atoms with van der Waals surface area (Å²) in [6, 6.07) is 6.67. The zero-order chi connectivity index (χ0) is 18.1. The number of carbonyl (C=O) groups is 1. The van der Waals surface area contributed by atoms with Crippen molar-refractivity contribution >= 4 is 28.2 Å². The number of non-ortho nitro benzene ring substituents is 1. The van der Waals surface area contributed by atoms with Gasteiger partial charge in [-0.2, -0.15) is 0 Å². The Morgan fingerprint density at radius 3 is 2.62 bits per heavy atom. The number of pyridine rings is 1. The highest BCUT2D eigenvalue weighted by Crippen LogP contribution is 2.31. The monoisotopic (exact) mass is 330 g/mol. The van der Waals surface area contributed by atoms with Crippen molar-refractivity contribution in [1.29, 1.82) is 0 Å². The van der Waals surface area contributed by atoms with Gasteiger partial charge in [-0.3, -0.25) is 14.9 Å². The van der Waals surface area contributed by atoms with Crippen molar-refractivity contribution in [3.8, 4) is 0 Å². The molecule has 0 bridgehead atoms. The third kappa shape index (κ3) is 3.98. The lowest BCUT2D eigenvalue weighted by Crippen LogP contribution is -2.45. The number of nitrogens with zero attached hydrogens (tertiary/aromatic N) is 3. The van der Waals surface area contributed by atoms with Gasteiger partial charge in [0.05, 0.1) is 11.5 Å². The molecule has 1 aromatic carbocycles. The minimum atomic E-state index is -0.440. The summed E-state index contributed by atoms with van der Waals surface area (Å²) in [5.41, 5.74) is 1.39. The topological polar surface area (TPSA) is 88.4 Å². The van der Waals surface area contributed by atoms with E-state index in [4.69, 9.17) is 0 Å². The number of aromatic nitrogens is 1.